The number of amides is 1. The Hall–Kier alpha value is -1.11. The quantitative estimate of drug-likeness (QED) is 0.733. The number of nitrogens with one attached hydrogen (secondary N) is 1. The van der Waals surface area contributed by atoms with Crippen LogP contribution in [0.25, 0.3) is 0 Å². The minimum atomic E-state index is -3.44. The lowest BCUT2D eigenvalue weighted by Crippen LogP contribution is -2.45. The largest absolute Gasteiger partial charge is 0.480 e. The fourth-order valence-electron chi connectivity index (χ4n) is 2.57. The molecule has 0 aromatic carbocycles. The van der Waals surface area contributed by atoms with Crippen molar-refractivity contribution in [3.05, 3.63) is 0 Å². The first-order valence-corrected chi connectivity index (χ1v) is 8.35. The summed E-state index contributed by atoms with van der Waals surface area (Å²) >= 11 is 0. The van der Waals surface area contributed by atoms with E-state index in [1.165, 1.54) is 0 Å². The third-order valence-electron chi connectivity index (χ3n) is 3.82. The van der Waals surface area contributed by atoms with Gasteiger partial charge in [-0.3, -0.25) is 4.79 Å². The van der Waals surface area contributed by atoms with Crippen molar-refractivity contribution in [3.8, 4) is 0 Å². The summed E-state index contributed by atoms with van der Waals surface area (Å²) < 4.78 is 23.9. The van der Waals surface area contributed by atoms with E-state index in [4.69, 9.17) is 5.11 Å². The van der Waals surface area contributed by atoms with Gasteiger partial charge in [0.25, 0.3) is 0 Å². The van der Waals surface area contributed by atoms with Crippen molar-refractivity contribution >= 4 is 21.7 Å². The monoisotopic (exact) mass is 289 g/mol. The molecule has 6 nitrogen and oxygen atoms in total. The molecule has 2 fully saturated rings. The SMILES string of the molecule is O=C(CS(=O)(=O)C1CCCC1)NC(C(=O)O)C1CC1. The summed E-state index contributed by atoms with van der Waals surface area (Å²) in [7, 11) is -3.44. The third kappa shape index (κ3) is 3.68. The maximum absolute atomic E-state index is 12.0. The maximum atomic E-state index is 12.0. The van der Waals surface area contributed by atoms with E-state index in [1.807, 2.05) is 0 Å². The van der Waals surface area contributed by atoms with E-state index < -0.39 is 38.8 Å². The molecule has 1 unspecified atom stereocenters. The molecule has 7 heteroatoms. The van der Waals surface area contributed by atoms with Gasteiger partial charge in [-0.05, 0) is 31.6 Å². The highest BCUT2D eigenvalue weighted by atomic mass is 32.2. The predicted octanol–water partition coefficient (Wildman–Crippen LogP) is 0.323. The molecule has 0 aliphatic heterocycles. The fraction of sp³-hybridized carbons (Fsp3) is 0.833. The van der Waals surface area contributed by atoms with Gasteiger partial charge in [0.2, 0.25) is 5.91 Å². The van der Waals surface area contributed by atoms with E-state index in [2.05, 4.69) is 5.32 Å². The van der Waals surface area contributed by atoms with Crippen molar-refractivity contribution in [1.82, 2.24) is 5.32 Å². The van der Waals surface area contributed by atoms with Crippen LogP contribution in [-0.4, -0.2) is 42.4 Å². The summed E-state index contributed by atoms with van der Waals surface area (Å²) in [6.45, 7) is 0. The van der Waals surface area contributed by atoms with Gasteiger partial charge in [-0.15, -0.1) is 0 Å². The number of carboxylic acid groups (broad SMARTS) is 1. The molecule has 0 aromatic rings. The van der Waals surface area contributed by atoms with Crippen molar-refractivity contribution in [3.63, 3.8) is 0 Å². The lowest BCUT2D eigenvalue weighted by Gasteiger charge is -2.15. The minimum Gasteiger partial charge on any atom is -0.480 e. The smallest absolute Gasteiger partial charge is 0.326 e. The molecule has 0 radical (unpaired) electrons. The van der Waals surface area contributed by atoms with Crippen molar-refractivity contribution in [2.24, 2.45) is 5.92 Å². The number of rotatable bonds is 6. The van der Waals surface area contributed by atoms with Crippen LogP contribution in [0.15, 0.2) is 0 Å². The molecule has 2 N–H and O–H groups in total. The van der Waals surface area contributed by atoms with Crippen LogP contribution in [0.5, 0.6) is 0 Å². The summed E-state index contributed by atoms with van der Waals surface area (Å²) in [4.78, 5) is 22.7. The molecule has 19 heavy (non-hydrogen) atoms. The molecular formula is C12H19NO5S. The van der Waals surface area contributed by atoms with Gasteiger partial charge in [-0.2, -0.15) is 0 Å². The molecular weight excluding hydrogens is 270 g/mol. The zero-order chi connectivity index (χ0) is 14.0. The molecule has 0 spiro atoms. The van der Waals surface area contributed by atoms with Gasteiger partial charge in [0.05, 0.1) is 5.25 Å². The summed E-state index contributed by atoms with van der Waals surface area (Å²) in [5.41, 5.74) is 0. The number of carbonyl (C=O) groups is 2. The van der Waals surface area contributed by atoms with Gasteiger partial charge in [0, 0.05) is 0 Å². The average Bonchev–Trinajstić information content (AvgIpc) is 2.97. The Balaban J connectivity index is 1.91. The van der Waals surface area contributed by atoms with Crippen LogP contribution in [0.3, 0.4) is 0 Å². The first-order chi connectivity index (χ1) is 8.90. The molecule has 2 saturated carbocycles. The van der Waals surface area contributed by atoms with Crippen LogP contribution < -0.4 is 5.32 Å². The predicted molar refractivity (Wildman–Crippen MR) is 68.3 cm³/mol. The Kier molecular flexibility index (Phi) is 4.13. The van der Waals surface area contributed by atoms with Crippen molar-refractivity contribution < 1.29 is 23.1 Å². The lowest BCUT2D eigenvalue weighted by molar-refractivity contribution is -0.142. The Morgan fingerprint density at radius 1 is 1.16 bits per heavy atom. The zero-order valence-corrected chi connectivity index (χ0v) is 11.5. The molecule has 2 rings (SSSR count). The normalized spacial score (nSPS) is 22.1. The number of carbonyl (C=O) groups excluding carboxylic acids is 1. The molecule has 0 bridgehead atoms. The number of sulfone groups is 1. The van der Waals surface area contributed by atoms with E-state index in [-0.39, 0.29) is 5.92 Å². The Labute approximate surface area is 112 Å². The van der Waals surface area contributed by atoms with Crippen LogP contribution in [0.4, 0.5) is 0 Å². The number of hydrogen-bond donors (Lipinski definition) is 2. The summed E-state index contributed by atoms with van der Waals surface area (Å²) in [5.74, 6) is -2.41. The van der Waals surface area contributed by atoms with Crippen molar-refractivity contribution in [2.45, 2.75) is 49.8 Å². The minimum absolute atomic E-state index is 0.0457. The van der Waals surface area contributed by atoms with Crippen LogP contribution in [-0.2, 0) is 19.4 Å². The first kappa shape index (κ1) is 14.3. The fourth-order valence-corrected chi connectivity index (χ4v) is 4.31. The van der Waals surface area contributed by atoms with Gasteiger partial charge in [0.15, 0.2) is 9.84 Å². The van der Waals surface area contributed by atoms with E-state index in [0.717, 1.165) is 25.7 Å². The maximum Gasteiger partial charge on any atom is 0.326 e. The molecule has 0 aromatic heterocycles. The summed E-state index contributed by atoms with van der Waals surface area (Å²) in [5, 5.41) is 10.9. The topological polar surface area (TPSA) is 101 Å². The third-order valence-corrected chi connectivity index (χ3v) is 5.97. The highest BCUT2D eigenvalue weighted by molar-refractivity contribution is 7.92. The standard InChI is InChI=1S/C12H19NO5S/c14-10(13-11(12(15)16)8-5-6-8)7-19(17,18)9-3-1-2-4-9/h8-9,11H,1-7H2,(H,13,14)(H,15,16). The molecule has 0 saturated heterocycles. The second-order valence-corrected chi connectivity index (χ2v) is 7.72. The van der Waals surface area contributed by atoms with E-state index in [9.17, 15) is 18.0 Å². The van der Waals surface area contributed by atoms with Crippen molar-refractivity contribution in [1.29, 1.82) is 0 Å². The molecule has 1 atom stereocenters. The van der Waals surface area contributed by atoms with Crippen LogP contribution >= 0.6 is 0 Å². The average molecular weight is 289 g/mol. The number of hydrogen-bond acceptors (Lipinski definition) is 4. The Morgan fingerprint density at radius 3 is 2.21 bits per heavy atom. The second kappa shape index (κ2) is 5.48. The molecule has 2 aliphatic carbocycles. The summed E-state index contributed by atoms with van der Waals surface area (Å²) in [6.07, 6.45) is 4.52. The number of aliphatic carboxylic acids is 1. The number of carboxylic acids is 1. The molecule has 1 amide bonds. The van der Waals surface area contributed by atoms with E-state index >= 15 is 0 Å². The van der Waals surface area contributed by atoms with Crippen LogP contribution in [0, 0.1) is 5.92 Å². The Bertz CT molecular complexity index is 463. The van der Waals surface area contributed by atoms with Gasteiger partial charge in [-0.1, -0.05) is 12.8 Å². The van der Waals surface area contributed by atoms with Gasteiger partial charge < -0.3 is 10.4 Å². The van der Waals surface area contributed by atoms with Gasteiger partial charge >= 0.3 is 5.97 Å². The Morgan fingerprint density at radius 2 is 1.74 bits per heavy atom. The highest BCUT2D eigenvalue weighted by Crippen LogP contribution is 2.32. The first-order valence-electron chi connectivity index (χ1n) is 6.64. The zero-order valence-electron chi connectivity index (χ0n) is 10.7. The van der Waals surface area contributed by atoms with Crippen LogP contribution in [0.2, 0.25) is 0 Å². The van der Waals surface area contributed by atoms with Gasteiger partial charge in [0.1, 0.15) is 11.8 Å². The molecule has 108 valence electrons. The second-order valence-electron chi connectivity index (χ2n) is 5.43. The van der Waals surface area contributed by atoms with E-state index in [0.29, 0.717) is 12.8 Å². The lowest BCUT2D eigenvalue weighted by atomic mass is 10.2. The van der Waals surface area contributed by atoms with E-state index in [1.54, 1.807) is 0 Å². The molecule has 2 aliphatic rings. The van der Waals surface area contributed by atoms with Crippen LogP contribution in [0.1, 0.15) is 38.5 Å². The summed E-state index contributed by atoms with van der Waals surface area (Å²) in [6, 6.07) is -0.939. The highest BCUT2D eigenvalue weighted by Gasteiger charge is 2.38. The molecule has 0 heterocycles. The van der Waals surface area contributed by atoms with Crippen molar-refractivity contribution in [2.75, 3.05) is 5.75 Å². The van der Waals surface area contributed by atoms with Gasteiger partial charge in [-0.25, -0.2) is 13.2 Å².